The van der Waals surface area contributed by atoms with Crippen LogP contribution in [0.1, 0.15) is 17.9 Å². The van der Waals surface area contributed by atoms with Crippen molar-refractivity contribution in [2.75, 3.05) is 0 Å². The number of hydrogen-bond acceptors (Lipinski definition) is 4. The number of nitrogens with zero attached hydrogens (tertiary/aromatic N) is 3. The van der Waals surface area contributed by atoms with Gasteiger partial charge >= 0.3 is 6.43 Å². The zero-order chi connectivity index (χ0) is 18.1. The van der Waals surface area contributed by atoms with Gasteiger partial charge in [0.25, 0.3) is 11.4 Å². The number of hydrogen-bond donors (Lipinski definition) is 0. The summed E-state index contributed by atoms with van der Waals surface area (Å²) in [4.78, 5) is 12.1. The Kier molecular flexibility index (Phi) is 4.34. The molecule has 3 aromatic rings. The minimum atomic E-state index is -2.95. The van der Waals surface area contributed by atoms with E-state index in [2.05, 4.69) is 10.2 Å². The molecule has 0 saturated carbocycles. The minimum Gasteiger partial charge on any atom is -0.415 e. The van der Waals surface area contributed by atoms with Crippen molar-refractivity contribution in [1.82, 2.24) is 14.8 Å². The van der Waals surface area contributed by atoms with Crippen molar-refractivity contribution in [1.29, 1.82) is 0 Å². The normalized spacial score (nSPS) is 11.3. The van der Waals surface area contributed by atoms with Crippen LogP contribution in [0.2, 0.25) is 0 Å². The van der Waals surface area contributed by atoms with Gasteiger partial charge in [-0.25, -0.2) is 13.2 Å². The third-order valence-electron chi connectivity index (χ3n) is 3.30. The molecule has 1 aromatic carbocycles. The van der Waals surface area contributed by atoms with Crippen molar-refractivity contribution in [2.24, 2.45) is 0 Å². The number of pyridine rings is 1. The summed E-state index contributed by atoms with van der Waals surface area (Å²) in [5, 5.41) is 6.54. The Morgan fingerprint density at radius 1 is 1.04 bits per heavy atom. The molecule has 130 valence electrons. The number of alkyl halides is 2. The number of rotatable bonds is 4. The van der Waals surface area contributed by atoms with Crippen molar-refractivity contribution in [3.8, 4) is 11.5 Å². The van der Waals surface area contributed by atoms with Gasteiger partial charge in [0.2, 0.25) is 5.89 Å². The van der Waals surface area contributed by atoms with Gasteiger partial charge in [-0.2, -0.15) is 8.78 Å². The predicted molar refractivity (Wildman–Crippen MR) is 74.4 cm³/mol. The third-order valence-corrected chi connectivity index (χ3v) is 3.30. The maximum Gasteiger partial charge on any atom is 0.314 e. The fourth-order valence-electron chi connectivity index (χ4n) is 2.08. The molecule has 0 unspecified atom stereocenters. The maximum atomic E-state index is 13.6. The van der Waals surface area contributed by atoms with E-state index in [1.54, 1.807) is 0 Å². The van der Waals surface area contributed by atoms with E-state index in [4.69, 9.17) is 4.42 Å². The second-order valence-corrected chi connectivity index (χ2v) is 4.99. The van der Waals surface area contributed by atoms with E-state index >= 15 is 0 Å². The first-order valence-corrected chi connectivity index (χ1v) is 6.81. The first kappa shape index (κ1) is 16.8. The van der Waals surface area contributed by atoms with Crippen LogP contribution >= 0.6 is 0 Å². The molecule has 0 aliphatic heterocycles. The fraction of sp³-hybridized carbons (Fsp3) is 0.133. The average molecular weight is 357 g/mol. The maximum absolute atomic E-state index is 13.6. The van der Waals surface area contributed by atoms with Crippen molar-refractivity contribution < 1.29 is 26.4 Å². The van der Waals surface area contributed by atoms with Gasteiger partial charge in [0.1, 0.15) is 5.82 Å². The summed E-state index contributed by atoms with van der Waals surface area (Å²) in [6.45, 7) is -0.353. The molecule has 0 radical (unpaired) electrons. The van der Waals surface area contributed by atoms with Crippen molar-refractivity contribution in [2.45, 2.75) is 13.0 Å². The summed E-state index contributed by atoms with van der Waals surface area (Å²) in [7, 11) is 0. The second kappa shape index (κ2) is 6.46. The molecule has 0 aliphatic carbocycles. The topological polar surface area (TPSA) is 60.9 Å². The molecule has 3 rings (SSSR count). The van der Waals surface area contributed by atoms with Gasteiger partial charge in [0, 0.05) is 29.5 Å². The summed E-state index contributed by atoms with van der Waals surface area (Å²) in [6.07, 6.45) is -1.73. The Bertz CT molecular complexity index is 984. The lowest BCUT2D eigenvalue weighted by molar-refractivity contribution is 0.116. The lowest BCUT2D eigenvalue weighted by atomic mass is 10.2. The van der Waals surface area contributed by atoms with Crippen LogP contribution in [0.25, 0.3) is 11.5 Å². The Morgan fingerprint density at radius 2 is 1.76 bits per heavy atom. The fourth-order valence-corrected chi connectivity index (χ4v) is 2.08. The van der Waals surface area contributed by atoms with Crippen molar-refractivity contribution in [3.63, 3.8) is 0 Å². The van der Waals surface area contributed by atoms with Crippen LogP contribution in [0.5, 0.6) is 0 Å². The molecular formula is C15H8F5N3O2. The van der Waals surface area contributed by atoms with Gasteiger partial charge in [0.05, 0.1) is 6.54 Å². The molecule has 0 N–H and O–H groups in total. The van der Waals surface area contributed by atoms with E-state index in [-0.39, 0.29) is 23.6 Å². The molecule has 25 heavy (non-hydrogen) atoms. The number of aromatic nitrogens is 3. The SMILES string of the molecule is O=c1cc(-c2nnc(C(F)F)o2)ccn1Cc1cc(F)c(F)cc1F. The Balaban J connectivity index is 1.90. The highest BCUT2D eigenvalue weighted by molar-refractivity contribution is 5.51. The summed E-state index contributed by atoms with van der Waals surface area (Å²) in [5.41, 5.74) is -0.795. The monoisotopic (exact) mass is 357 g/mol. The Labute approximate surface area is 136 Å². The Hall–Kier alpha value is -3.04. The molecule has 0 atom stereocenters. The second-order valence-electron chi connectivity index (χ2n) is 4.99. The van der Waals surface area contributed by atoms with E-state index in [0.717, 1.165) is 10.6 Å². The highest BCUT2D eigenvalue weighted by atomic mass is 19.3. The summed E-state index contributed by atoms with van der Waals surface area (Å²) in [5.74, 6) is -4.75. The molecule has 2 heterocycles. The minimum absolute atomic E-state index is 0.0893. The first-order valence-electron chi connectivity index (χ1n) is 6.81. The zero-order valence-corrected chi connectivity index (χ0v) is 12.2. The zero-order valence-electron chi connectivity index (χ0n) is 12.2. The van der Waals surface area contributed by atoms with E-state index in [9.17, 15) is 26.7 Å². The lowest BCUT2D eigenvalue weighted by Crippen LogP contribution is -2.20. The van der Waals surface area contributed by atoms with Crippen LogP contribution in [0, 0.1) is 17.5 Å². The van der Waals surface area contributed by atoms with Crippen LogP contribution < -0.4 is 5.56 Å². The Morgan fingerprint density at radius 3 is 2.40 bits per heavy atom. The lowest BCUT2D eigenvalue weighted by Gasteiger charge is -2.08. The van der Waals surface area contributed by atoms with Crippen molar-refractivity contribution >= 4 is 0 Å². The van der Waals surface area contributed by atoms with Crippen LogP contribution in [0.3, 0.4) is 0 Å². The summed E-state index contributed by atoms with van der Waals surface area (Å²) < 4.78 is 70.3. The molecule has 10 heteroatoms. The van der Waals surface area contributed by atoms with E-state index in [0.29, 0.717) is 12.1 Å². The molecule has 5 nitrogen and oxygen atoms in total. The molecule has 2 aromatic heterocycles. The molecule has 0 saturated heterocycles. The van der Waals surface area contributed by atoms with Gasteiger partial charge in [-0.3, -0.25) is 4.79 Å². The van der Waals surface area contributed by atoms with Crippen molar-refractivity contribution in [3.05, 3.63) is 69.7 Å². The highest BCUT2D eigenvalue weighted by Crippen LogP contribution is 2.22. The number of halogens is 5. The summed E-state index contributed by atoms with van der Waals surface area (Å²) in [6, 6.07) is 3.36. The van der Waals surface area contributed by atoms with E-state index in [1.165, 1.54) is 12.3 Å². The highest BCUT2D eigenvalue weighted by Gasteiger charge is 2.17. The molecule has 0 fully saturated rings. The van der Waals surface area contributed by atoms with Gasteiger partial charge in [-0.05, 0) is 12.1 Å². The van der Waals surface area contributed by atoms with Gasteiger partial charge in [-0.15, -0.1) is 10.2 Å². The molecule has 0 bridgehead atoms. The molecule has 0 amide bonds. The van der Waals surface area contributed by atoms with Crippen LogP contribution in [0.15, 0.2) is 39.7 Å². The predicted octanol–water partition coefficient (Wildman–Crippen LogP) is 3.30. The van der Waals surface area contributed by atoms with Gasteiger partial charge in [0.15, 0.2) is 11.6 Å². The first-order chi connectivity index (χ1) is 11.8. The largest absolute Gasteiger partial charge is 0.415 e. The molecular weight excluding hydrogens is 349 g/mol. The quantitative estimate of drug-likeness (QED) is 0.531. The molecule has 0 aliphatic rings. The smallest absolute Gasteiger partial charge is 0.314 e. The number of benzene rings is 1. The van der Waals surface area contributed by atoms with Crippen LogP contribution in [-0.2, 0) is 6.54 Å². The van der Waals surface area contributed by atoms with Gasteiger partial charge < -0.3 is 8.98 Å². The van der Waals surface area contributed by atoms with Crippen LogP contribution in [-0.4, -0.2) is 14.8 Å². The van der Waals surface area contributed by atoms with E-state index in [1.807, 2.05) is 0 Å². The van der Waals surface area contributed by atoms with Crippen LogP contribution in [0.4, 0.5) is 22.0 Å². The van der Waals surface area contributed by atoms with Gasteiger partial charge in [-0.1, -0.05) is 0 Å². The average Bonchev–Trinajstić information content (AvgIpc) is 3.04. The van der Waals surface area contributed by atoms with E-state index < -0.39 is 35.3 Å². The third kappa shape index (κ3) is 3.42. The summed E-state index contributed by atoms with van der Waals surface area (Å²) >= 11 is 0. The standard InChI is InChI=1S/C15H8F5N3O2/c16-9-5-11(18)10(17)3-8(9)6-23-2-1-7(4-12(23)24)14-21-22-15(25-14)13(19)20/h1-5,13H,6H2. The molecule has 0 spiro atoms.